The Morgan fingerprint density at radius 3 is 1.23 bits per heavy atom. The molecule has 0 bridgehead atoms. The normalized spacial score (nSPS) is 14.5. The molecule has 0 fully saturated rings. The highest BCUT2D eigenvalue weighted by Gasteiger charge is 2.35. The van der Waals surface area contributed by atoms with Crippen molar-refractivity contribution in [3.8, 4) is 0 Å². The van der Waals surface area contributed by atoms with Gasteiger partial charge in [-0.2, -0.15) is 0 Å². The first-order valence-corrected chi connectivity index (χ1v) is 30.6. The molecular formula is C62H107N5O16. The number of Topliss-reactive ketones (excluding diaryl/α,β-unsaturated/α-hetero) is 5. The SMILES string of the molecule is CCCCCCCCCCCCCCCC(=O)N[C@H](C(=O)C[C@H](C(=O)N[C@H](C(=O)C[C@@H](C)C(=O)N[C@@H](C)C(C)=O)C(C)C)C(C)C)C(C)C.CC[C@@H](C)C(=O)N[C@@H](CCC(=O)O)C(=O)C[C@@H](CCC(=O)O)C(=O)N[C@@H](CCC(=O)O)C(C)=O. The summed E-state index contributed by atoms with van der Waals surface area (Å²) in [7, 11) is 0. The fraction of sp³-hybridized carbons (Fsp3) is 0.790. The van der Waals surface area contributed by atoms with Crippen LogP contribution < -0.4 is 26.6 Å². The molecule has 0 aliphatic heterocycles. The van der Waals surface area contributed by atoms with Gasteiger partial charge in [-0.15, -0.1) is 0 Å². The second-order valence-corrected chi connectivity index (χ2v) is 23.7. The Morgan fingerprint density at radius 1 is 0.373 bits per heavy atom. The van der Waals surface area contributed by atoms with Gasteiger partial charge >= 0.3 is 17.9 Å². The summed E-state index contributed by atoms with van der Waals surface area (Å²) >= 11 is 0. The van der Waals surface area contributed by atoms with Crippen LogP contribution in [0.4, 0.5) is 0 Å². The average molecular weight is 1180 g/mol. The number of aliphatic carboxylic acids is 3. The van der Waals surface area contributed by atoms with Gasteiger partial charge in [-0.1, -0.05) is 146 Å². The first-order chi connectivity index (χ1) is 38.8. The van der Waals surface area contributed by atoms with Crippen LogP contribution in [0.2, 0.25) is 0 Å². The van der Waals surface area contributed by atoms with Crippen LogP contribution in [0, 0.1) is 41.4 Å². The van der Waals surface area contributed by atoms with Gasteiger partial charge in [0, 0.05) is 68.6 Å². The Morgan fingerprint density at radius 2 is 0.795 bits per heavy atom. The van der Waals surface area contributed by atoms with Crippen LogP contribution in [-0.4, -0.2) is 122 Å². The topological polar surface area (TPSA) is 343 Å². The summed E-state index contributed by atoms with van der Waals surface area (Å²) in [6.45, 7) is 22.6. The highest BCUT2D eigenvalue weighted by atomic mass is 16.4. The summed E-state index contributed by atoms with van der Waals surface area (Å²) in [5.74, 6) is -11.1. The molecule has 0 aliphatic carbocycles. The Hall–Kier alpha value is -5.89. The van der Waals surface area contributed by atoms with Crippen LogP contribution >= 0.6 is 0 Å². The van der Waals surface area contributed by atoms with Crippen molar-refractivity contribution in [1.82, 2.24) is 26.6 Å². The van der Waals surface area contributed by atoms with Gasteiger partial charge in [0.1, 0.15) is 0 Å². The number of rotatable bonds is 47. The van der Waals surface area contributed by atoms with Gasteiger partial charge < -0.3 is 41.9 Å². The standard InChI is InChI=1S/C40H73N3O6.C22H34N2O10/c1-11-12-13-14-15-16-17-18-19-20-21-22-23-24-36(47)42-37(28(4)5)35(46)26-33(27(2)3)40(49)43-38(29(6)7)34(45)25-30(8)39(48)41-31(9)32(10)44;1-4-12(2)21(33)24-16(7-10-20(31)32)17(26)11-14(5-8-18(27)28)22(34)23-15(13(3)25)6-9-19(29)30/h27-31,33,37-38H,11-26H2,1-10H3,(H,41,48)(H,42,47)(H,43,49);12,14-16H,4-11H2,1-3H3,(H,23,34)(H,24,33)(H,27,28)(H,29,30)(H,31,32)/t30-,31+,33+,37+,38+;12-,14-,15+,16+/m11/s1. The summed E-state index contributed by atoms with van der Waals surface area (Å²) in [6.07, 6.45) is 14.4. The average Bonchev–Trinajstić information content (AvgIpc) is 3.44. The van der Waals surface area contributed by atoms with Crippen LogP contribution in [0.1, 0.15) is 244 Å². The number of carboxylic acids is 3. The number of amides is 5. The summed E-state index contributed by atoms with van der Waals surface area (Å²) < 4.78 is 0. The van der Waals surface area contributed by atoms with Crippen molar-refractivity contribution in [2.45, 2.75) is 274 Å². The molecule has 0 saturated heterocycles. The van der Waals surface area contributed by atoms with Gasteiger partial charge in [-0.3, -0.25) is 62.3 Å². The number of hydrogen-bond donors (Lipinski definition) is 8. The number of carboxylic acid groups (broad SMARTS) is 3. The van der Waals surface area contributed by atoms with Crippen LogP contribution in [0.25, 0.3) is 0 Å². The van der Waals surface area contributed by atoms with Crippen molar-refractivity contribution in [3.63, 3.8) is 0 Å². The molecule has 0 aromatic carbocycles. The molecule has 0 saturated carbocycles. The van der Waals surface area contributed by atoms with Crippen molar-refractivity contribution in [1.29, 1.82) is 0 Å². The van der Waals surface area contributed by atoms with Crippen LogP contribution in [-0.2, 0) is 62.3 Å². The minimum atomic E-state index is -1.22. The molecule has 0 unspecified atom stereocenters. The smallest absolute Gasteiger partial charge is 0.303 e. The van der Waals surface area contributed by atoms with E-state index in [1.807, 2.05) is 41.5 Å². The first kappa shape index (κ1) is 79.2. The molecule has 5 amide bonds. The lowest BCUT2D eigenvalue weighted by atomic mass is 9.85. The van der Waals surface area contributed by atoms with Crippen molar-refractivity contribution in [2.75, 3.05) is 0 Å². The first-order valence-electron chi connectivity index (χ1n) is 30.6. The van der Waals surface area contributed by atoms with Gasteiger partial charge in [0.15, 0.2) is 28.9 Å². The van der Waals surface area contributed by atoms with Crippen LogP contribution in [0.5, 0.6) is 0 Å². The molecule has 0 rings (SSSR count). The van der Waals surface area contributed by atoms with Crippen molar-refractivity contribution in [3.05, 3.63) is 0 Å². The summed E-state index contributed by atoms with van der Waals surface area (Å²) in [5.41, 5.74) is 0. The number of ketones is 5. The van der Waals surface area contributed by atoms with E-state index < -0.39 is 126 Å². The second-order valence-electron chi connectivity index (χ2n) is 23.7. The molecule has 0 radical (unpaired) electrons. The summed E-state index contributed by atoms with van der Waals surface area (Å²) in [4.78, 5) is 160. The van der Waals surface area contributed by atoms with E-state index in [0.29, 0.717) is 12.8 Å². The van der Waals surface area contributed by atoms with E-state index in [2.05, 4.69) is 33.5 Å². The van der Waals surface area contributed by atoms with E-state index in [1.54, 1.807) is 27.7 Å². The molecule has 0 heterocycles. The van der Waals surface area contributed by atoms with E-state index in [9.17, 15) is 62.3 Å². The van der Waals surface area contributed by atoms with Crippen molar-refractivity contribution in [2.24, 2.45) is 41.4 Å². The maximum absolute atomic E-state index is 13.5. The fourth-order valence-corrected chi connectivity index (χ4v) is 9.02. The Kier molecular flexibility index (Phi) is 42.6. The Bertz CT molecular complexity index is 2070. The zero-order chi connectivity index (χ0) is 63.9. The minimum absolute atomic E-state index is 0.0495. The molecule has 8 N–H and O–H groups in total. The monoisotopic (exact) mass is 1180 g/mol. The van der Waals surface area contributed by atoms with Crippen LogP contribution in [0.3, 0.4) is 0 Å². The third-order valence-corrected chi connectivity index (χ3v) is 15.0. The summed E-state index contributed by atoms with van der Waals surface area (Å²) in [6, 6.07) is -4.48. The van der Waals surface area contributed by atoms with E-state index >= 15 is 0 Å². The van der Waals surface area contributed by atoms with Crippen molar-refractivity contribution < 1.29 is 77.6 Å². The lowest BCUT2D eigenvalue weighted by Gasteiger charge is -2.28. The van der Waals surface area contributed by atoms with Gasteiger partial charge in [-0.25, -0.2) is 0 Å². The molecule has 0 spiro atoms. The van der Waals surface area contributed by atoms with Gasteiger partial charge in [0.25, 0.3) is 0 Å². The maximum atomic E-state index is 13.5. The molecule has 476 valence electrons. The number of carbonyl (C=O) groups is 13. The van der Waals surface area contributed by atoms with E-state index in [0.717, 1.165) is 26.2 Å². The van der Waals surface area contributed by atoms with E-state index in [-0.39, 0.29) is 79.5 Å². The zero-order valence-corrected chi connectivity index (χ0v) is 52.5. The lowest BCUT2D eigenvalue weighted by molar-refractivity contribution is -0.140. The fourth-order valence-electron chi connectivity index (χ4n) is 9.02. The number of nitrogens with one attached hydrogen (secondary N) is 5. The molecular weight excluding hydrogens is 1070 g/mol. The van der Waals surface area contributed by atoms with Gasteiger partial charge in [0.05, 0.1) is 30.2 Å². The predicted octanol–water partition coefficient (Wildman–Crippen LogP) is 8.43. The number of carbonyl (C=O) groups excluding carboxylic acids is 10. The third kappa shape index (κ3) is 37.1. The molecule has 21 heteroatoms. The quantitative estimate of drug-likeness (QED) is 0.0265. The van der Waals surface area contributed by atoms with Crippen molar-refractivity contribution >= 4 is 76.4 Å². The number of hydrogen-bond acceptors (Lipinski definition) is 13. The zero-order valence-electron chi connectivity index (χ0n) is 52.5. The van der Waals surface area contributed by atoms with Gasteiger partial charge in [-0.05, 0) is 70.6 Å². The molecule has 9 atom stereocenters. The third-order valence-electron chi connectivity index (χ3n) is 15.0. The predicted molar refractivity (Wildman–Crippen MR) is 317 cm³/mol. The maximum Gasteiger partial charge on any atom is 0.303 e. The highest BCUT2D eigenvalue weighted by Crippen LogP contribution is 2.22. The molecule has 83 heavy (non-hydrogen) atoms. The molecule has 0 aromatic rings. The van der Waals surface area contributed by atoms with Crippen LogP contribution in [0.15, 0.2) is 0 Å². The second kappa shape index (κ2) is 44.6. The Balaban J connectivity index is 0. The molecule has 0 aromatic heterocycles. The van der Waals surface area contributed by atoms with E-state index in [4.69, 9.17) is 15.3 Å². The highest BCUT2D eigenvalue weighted by molar-refractivity contribution is 5.97. The molecule has 21 nitrogen and oxygen atoms in total. The van der Waals surface area contributed by atoms with Gasteiger partial charge in [0.2, 0.25) is 29.5 Å². The number of unbranched alkanes of at least 4 members (excludes halogenated alkanes) is 12. The van der Waals surface area contributed by atoms with E-state index in [1.165, 1.54) is 71.1 Å². The largest absolute Gasteiger partial charge is 0.481 e. The molecule has 0 aliphatic rings. The summed E-state index contributed by atoms with van der Waals surface area (Å²) in [5, 5.41) is 40.1. The Labute approximate surface area is 494 Å². The lowest BCUT2D eigenvalue weighted by Crippen LogP contribution is -2.50. The minimum Gasteiger partial charge on any atom is -0.481 e.